The second-order valence-electron chi connectivity index (χ2n) is 7.71. The molecule has 10 heteroatoms. The SMILES string of the molecule is CCn1c(C2CCN(C(=O)NCc3ccc(OC)c(OC)c3)CC2)nn(CCOC)c1=O. The summed E-state index contributed by atoms with van der Waals surface area (Å²) in [6.07, 6.45) is 1.54. The number of methoxy groups -OCH3 is 3. The van der Waals surface area contributed by atoms with Gasteiger partial charge in [0, 0.05) is 39.2 Å². The molecule has 1 fully saturated rings. The van der Waals surface area contributed by atoms with Gasteiger partial charge >= 0.3 is 11.7 Å². The molecule has 2 amide bonds. The Morgan fingerprint density at radius 1 is 1.16 bits per heavy atom. The van der Waals surface area contributed by atoms with Gasteiger partial charge in [-0.1, -0.05) is 6.07 Å². The van der Waals surface area contributed by atoms with Crippen LogP contribution < -0.4 is 20.5 Å². The van der Waals surface area contributed by atoms with E-state index in [2.05, 4.69) is 10.4 Å². The van der Waals surface area contributed by atoms with Gasteiger partial charge in [-0.15, -0.1) is 0 Å². The number of amides is 2. The molecule has 0 bridgehead atoms. The lowest BCUT2D eigenvalue weighted by molar-refractivity contribution is 0.178. The van der Waals surface area contributed by atoms with Gasteiger partial charge in [0.1, 0.15) is 5.82 Å². The van der Waals surface area contributed by atoms with Crippen LogP contribution in [0.4, 0.5) is 4.79 Å². The fourth-order valence-corrected chi connectivity index (χ4v) is 4.00. The fraction of sp³-hybridized carbons (Fsp3) is 0.591. The van der Waals surface area contributed by atoms with E-state index in [1.54, 1.807) is 25.9 Å². The van der Waals surface area contributed by atoms with Gasteiger partial charge in [0.2, 0.25) is 0 Å². The van der Waals surface area contributed by atoms with Crippen LogP contribution in [0.3, 0.4) is 0 Å². The van der Waals surface area contributed by atoms with E-state index in [4.69, 9.17) is 14.2 Å². The van der Waals surface area contributed by atoms with Gasteiger partial charge in [0.25, 0.3) is 0 Å². The summed E-state index contributed by atoms with van der Waals surface area (Å²) in [6.45, 7) is 5.04. The van der Waals surface area contributed by atoms with Gasteiger partial charge < -0.3 is 24.4 Å². The number of hydrogen-bond acceptors (Lipinski definition) is 6. The summed E-state index contributed by atoms with van der Waals surface area (Å²) in [5, 5.41) is 7.54. The lowest BCUT2D eigenvalue weighted by Gasteiger charge is -2.31. The Hall–Kier alpha value is -3.01. The van der Waals surface area contributed by atoms with Crippen LogP contribution in [0.5, 0.6) is 11.5 Å². The number of rotatable bonds is 9. The van der Waals surface area contributed by atoms with Crippen LogP contribution in [0.15, 0.2) is 23.0 Å². The molecule has 1 aliphatic heterocycles. The molecule has 1 aromatic carbocycles. The number of benzene rings is 1. The molecule has 1 aromatic heterocycles. The summed E-state index contributed by atoms with van der Waals surface area (Å²) >= 11 is 0. The Kier molecular flexibility index (Phi) is 8.15. The van der Waals surface area contributed by atoms with Crippen molar-refractivity contribution < 1.29 is 19.0 Å². The molecule has 0 radical (unpaired) electrons. The monoisotopic (exact) mass is 447 g/mol. The molecular formula is C22H33N5O5. The summed E-state index contributed by atoms with van der Waals surface area (Å²) in [6, 6.07) is 5.48. The number of nitrogens with one attached hydrogen (secondary N) is 1. The van der Waals surface area contributed by atoms with Crippen LogP contribution in [0, 0.1) is 0 Å². The van der Waals surface area contributed by atoms with E-state index in [1.165, 1.54) is 4.68 Å². The first kappa shape index (κ1) is 23.6. The number of aromatic nitrogens is 3. The van der Waals surface area contributed by atoms with Crippen molar-refractivity contribution in [2.24, 2.45) is 0 Å². The first-order valence-electron chi connectivity index (χ1n) is 10.9. The quantitative estimate of drug-likeness (QED) is 0.629. The minimum atomic E-state index is -0.102. The highest BCUT2D eigenvalue weighted by Crippen LogP contribution is 2.28. The van der Waals surface area contributed by atoms with Gasteiger partial charge in [0.15, 0.2) is 11.5 Å². The summed E-state index contributed by atoms with van der Waals surface area (Å²) in [5.41, 5.74) is 0.828. The van der Waals surface area contributed by atoms with Gasteiger partial charge in [0.05, 0.1) is 27.4 Å². The Balaban J connectivity index is 1.56. The van der Waals surface area contributed by atoms with E-state index in [9.17, 15) is 9.59 Å². The fourth-order valence-electron chi connectivity index (χ4n) is 4.00. The first-order chi connectivity index (χ1) is 15.5. The lowest BCUT2D eigenvalue weighted by Crippen LogP contribution is -2.44. The Morgan fingerprint density at radius 2 is 1.88 bits per heavy atom. The van der Waals surface area contributed by atoms with E-state index in [0.717, 1.165) is 24.2 Å². The largest absolute Gasteiger partial charge is 0.493 e. The molecule has 10 nitrogen and oxygen atoms in total. The maximum absolute atomic E-state index is 12.7. The number of piperidine rings is 1. The van der Waals surface area contributed by atoms with Crippen LogP contribution in [-0.4, -0.2) is 66.3 Å². The number of hydrogen-bond donors (Lipinski definition) is 1. The molecule has 1 saturated heterocycles. The molecule has 32 heavy (non-hydrogen) atoms. The maximum Gasteiger partial charge on any atom is 0.345 e. The van der Waals surface area contributed by atoms with E-state index in [1.807, 2.05) is 30.0 Å². The van der Waals surface area contributed by atoms with Crippen molar-refractivity contribution in [1.82, 2.24) is 24.6 Å². The Labute approximate surface area is 188 Å². The van der Waals surface area contributed by atoms with Crippen molar-refractivity contribution in [2.45, 2.75) is 45.3 Å². The van der Waals surface area contributed by atoms with Crippen molar-refractivity contribution in [1.29, 1.82) is 0 Å². The van der Waals surface area contributed by atoms with Crippen LogP contribution in [0.1, 0.15) is 37.1 Å². The molecule has 1 aliphatic rings. The number of ether oxygens (including phenoxy) is 3. The number of carbonyl (C=O) groups excluding carboxylic acids is 1. The Morgan fingerprint density at radius 3 is 2.50 bits per heavy atom. The second kappa shape index (κ2) is 11.0. The summed E-state index contributed by atoms with van der Waals surface area (Å²) in [4.78, 5) is 27.0. The molecule has 2 aromatic rings. The molecule has 0 aliphatic carbocycles. The first-order valence-corrected chi connectivity index (χ1v) is 10.9. The third-order valence-corrected chi connectivity index (χ3v) is 5.81. The van der Waals surface area contributed by atoms with E-state index < -0.39 is 0 Å². The van der Waals surface area contributed by atoms with Crippen molar-refractivity contribution in [2.75, 3.05) is 41.0 Å². The van der Waals surface area contributed by atoms with Gasteiger partial charge in [-0.2, -0.15) is 5.10 Å². The standard InChI is InChI=1S/C22H33N5O5/c1-5-26-20(24-27(22(26)29)12-13-30-2)17-8-10-25(11-9-17)21(28)23-15-16-6-7-18(31-3)19(14-16)32-4/h6-7,14,17H,5,8-13,15H2,1-4H3,(H,23,28). The average molecular weight is 448 g/mol. The molecule has 176 valence electrons. The van der Waals surface area contributed by atoms with E-state index in [-0.39, 0.29) is 17.6 Å². The zero-order valence-corrected chi connectivity index (χ0v) is 19.3. The zero-order valence-electron chi connectivity index (χ0n) is 19.3. The minimum absolute atomic E-state index is 0.100. The molecule has 0 saturated carbocycles. The average Bonchev–Trinajstić information content (AvgIpc) is 3.15. The molecule has 1 N–H and O–H groups in total. The number of nitrogens with zero attached hydrogens (tertiary/aromatic N) is 4. The second-order valence-corrected chi connectivity index (χ2v) is 7.71. The molecule has 0 atom stereocenters. The van der Waals surface area contributed by atoms with E-state index >= 15 is 0 Å². The van der Waals surface area contributed by atoms with Crippen LogP contribution >= 0.6 is 0 Å². The van der Waals surface area contributed by atoms with Crippen molar-refractivity contribution in [3.8, 4) is 11.5 Å². The van der Waals surface area contributed by atoms with Crippen molar-refractivity contribution in [3.05, 3.63) is 40.1 Å². The predicted octanol–water partition coefficient (Wildman–Crippen LogP) is 1.82. The highest BCUT2D eigenvalue weighted by atomic mass is 16.5. The summed E-state index contributed by atoms with van der Waals surface area (Å²) in [5.74, 6) is 2.24. The predicted molar refractivity (Wildman–Crippen MR) is 119 cm³/mol. The van der Waals surface area contributed by atoms with Crippen molar-refractivity contribution in [3.63, 3.8) is 0 Å². The molecular weight excluding hydrogens is 414 g/mol. The lowest BCUT2D eigenvalue weighted by atomic mass is 9.96. The normalized spacial score (nSPS) is 14.4. The third-order valence-electron chi connectivity index (χ3n) is 5.81. The van der Waals surface area contributed by atoms with Gasteiger partial charge in [-0.3, -0.25) is 4.57 Å². The number of carbonyl (C=O) groups is 1. The summed E-state index contributed by atoms with van der Waals surface area (Å²) < 4.78 is 18.8. The van der Waals surface area contributed by atoms with Gasteiger partial charge in [-0.25, -0.2) is 14.3 Å². The highest BCUT2D eigenvalue weighted by molar-refractivity contribution is 5.74. The Bertz CT molecular complexity index is 962. The highest BCUT2D eigenvalue weighted by Gasteiger charge is 2.28. The van der Waals surface area contributed by atoms with Gasteiger partial charge in [-0.05, 0) is 37.5 Å². The molecule has 3 rings (SSSR count). The topological polar surface area (TPSA) is 99.9 Å². The van der Waals surface area contributed by atoms with Crippen LogP contribution in [0.25, 0.3) is 0 Å². The zero-order chi connectivity index (χ0) is 23.1. The third kappa shape index (κ3) is 5.24. The minimum Gasteiger partial charge on any atom is -0.493 e. The molecule has 0 spiro atoms. The van der Waals surface area contributed by atoms with Crippen LogP contribution in [-0.2, 0) is 24.4 Å². The van der Waals surface area contributed by atoms with E-state index in [0.29, 0.717) is 50.8 Å². The molecule has 0 unspecified atom stereocenters. The number of likely N-dealkylation sites (tertiary alicyclic amines) is 1. The maximum atomic E-state index is 12.7. The van der Waals surface area contributed by atoms with Crippen LogP contribution in [0.2, 0.25) is 0 Å². The van der Waals surface area contributed by atoms with Crippen molar-refractivity contribution >= 4 is 6.03 Å². The number of urea groups is 1. The summed E-state index contributed by atoms with van der Waals surface area (Å²) in [7, 11) is 4.78. The smallest absolute Gasteiger partial charge is 0.345 e. The molecule has 2 heterocycles.